The average Bonchev–Trinajstić information content (AvgIpc) is 2.53. The summed E-state index contributed by atoms with van der Waals surface area (Å²) in [6, 6.07) is 0. The first-order chi connectivity index (χ1) is 6.74. The third-order valence-corrected chi connectivity index (χ3v) is 3.35. The van der Waals surface area contributed by atoms with Gasteiger partial charge in [-0.15, -0.1) is 0 Å². The maximum absolute atomic E-state index is 5.65. The van der Waals surface area contributed by atoms with Crippen LogP contribution in [0.1, 0.15) is 42.7 Å². The first-order valence-corrected chi connectivity index (χ1v) is 5.39. The lowest BCUT2D eigenvalue weighted by molar-refractivity contribution is 0.325. The Kier molecular flexibility index (Phi) is 2.59. The monoisotopic (exact) mass is 194 g/mol. The first kappa shape index (κ1) is 9.71. The van der Waals surface area contributed by atoms with Gasteiger partial charge >= 0.3 is 0 Å². The Labute approximate surface area is 84.7 Å². The van der Waals surface area contributed by atoms with Crippen LogP contribution in [-0.4, -0.2) is 11.7 Å². The Morgan fingerprint density at radius 2 is 2.36 bits per heavy atom. The Hall–Kier alpha value is -0.830. The molecule has 0 amide bonds. The van der Waals surface area contributed by atoms with E-state index in [1.54, 1.807) is 0 Å². The lowest BCUT2D eigenvalue weighted by Crippen LogP contribution is -2.20. The minimum Gasteiger partial charge on any atom is -0.361 e. The fourth-order valence-corrected chi connectivity index (χ4v) is 2.53. The lowest BCUT2D eigenvalue weighted by atomic mass is 9.76. The van der Waals surface area contributed by atoms with Crippen molar-refractivity contribution >= 4 is 0 Å². The summed E-state index contributed by atoms with van der Waals surface area (Å²) in [6.07, 6.45) is 3.29. The molecule has 3 heteroatoms. The molecular weight excluding hydrogens is 176 g/mol. The van der Waals surface area contributed by atoms with Gasteiger partial charge in [-0.25, -0.2) is 0 Å². The minimum absolute atomic E-state index is 0.565. The maximum Gasteiger partial charge on any atom is 0.140 e. The summed E-state index contributed by atoms with van der Waals surface area (Å²) < 4.78 is 5.32. The molecule has 14 heavy (non-hydrogen) atoms. The molecule has 0 spiro atoms. The highest BCUT2D eigenvalue weighted by molar-refractivity contribution is 5.29. The van der Waals surface area contributed by atoms with Gasteiger partial charge in [-0.3, -0.25) is 0 Å². The van der Waals surface area contributed by atoms with E-state index in [4.69, 9.17) is 10.3 Å². The van der Waals surface area contributed by atoms with E-state index in [0.29, 0.717) is 11.8 Å². The van der Waals surface area contributed by atoms with Gasteiger partial charge in [0.25, 0.3) is 0 Å². The predicted octanol–water partition coefficient (Wildman–Crippen LogP) is 2.00. The molecule has 0 saturated heterocycles. The largest absolute Gasteiger partial charge is 0.361 e. The van der Waals surface area contributed by atoms with Crippen LogP contribution in [0.2, 0.25) is 0 Å². The van der Waals surface area contributed by atoms with Crippen molar-refractivity contribution in [1.82, 2.24) is 5.16 Å². The number of fused-ring (bicyclic) bond motifs is 1. The smallest absolute Gasteiger partial charge is 0.140 e. The molecule has 2 rings (SSSR count). The van der Waals surface area contributed by atoms with E-state index in [9.17, 15) is 0 Å². The number of nitrogens with two attached hydrogens (primary N) is 1. The van der Waals surface area contributed by atoms with Crippen molar-refractivity contribution in [2.75, 3.05) is 6.54 Å². The number of hydrogen-bond donors (Lipinski definition) is 1. The third kappa shape index (κ3) is 1.46. The molecule has 0 radical (unpaired) electrons. The second-order valence-electron chi connectivity index (χ2n) is 4.30. The van der Waals surface area contributed by atoms with Crippen molar-refractivity contribution in [2.45, 2.75) is 39.0 Å². The molecule has 0 aromatic carbocycles. The van der Waals surface area contributed by atoms with Gasteiger partial charge in [-0.05, 0) is 38.1 Å². The molecule has 1 aliphatic rings. The quantitative estimate of drug-likeness (QED) is 0.783. The summed E-state index contributed by atoms with van der Waals surface area (Å²) in [4.78, 5) is 0. The number of hydrogen-bond acceptors (Lipinski definition) is 3. The zero-order valence-corrected chi connectivity index (χ0v) is 8.92. The van der Waals surface area contributed by atoms with Gasteiger partial charge < -0.3 is 10.3 Å². The molecule has 1 aliphatic carbocycles. The summed E-state index contributed by atoms with van der Waals surface area (Å²) in [7, 11) is 0. The molecule has 78 valence electrons. The van der Waals surface area contributed by atoms with Crippen molar-refractivity contribution in [3.8, 4) is 0 Å². The fourth-order valence-electron chi connectivity index (χ4n) is 2.53. The zero-order chi connectivity index (χ0) is 10.1. The molecule has 2 N–H and O–H groups in total. The van der Waals surface area contributed by atoms with Crippen LogP contribution in [0.15, 0.2) is 4.52 Å². The van der Waals surface area contributed by atoms with Gasteiger partial charge in [-0.1, -0.05) is 12.1 Å². The van der Waals surface area contributed by atoms with Crippen LogP contribution in [0.25, 0.3) is 0 Å². The standard InChI is InChI=1S/C11H18N2O/c1-7-3-4-10-11(8(2)13-14-10)9(7)5-6-12/h7,9H,3-6,12H2,1-2H3. The Morgan fingerprint density at radius 1 is 1.57 bits per heavy atom. The van der Waals surface area contributed by atoms with Crippen molar-refractivity contribution < 1.29 is 4.52 Å². The van der Waals surface area contributed by atoms with E-state index in [1.165, 1.54) is 12.0 Å². The van der Waals surface area contributed by atoms with Crippen LogP contribution < -0.4 is 5.73 Å². The van der Waals surface area contributed by atoms with Crippen LogP contribution in [-0.2, 0) is 6.42 Å². The summed E-state index contributed by atoms with van der Waals surface area (Å²) in [5.74, 6) is 2.37. The Balaban J connectivity index is 2.34. The third-order valence-electron chi connectivity index (χ3n) is 3.35. The molecule has 0 bridgehead atoms. The van der Waals surface area contributed by atoms with Gasteiger partial charge in [0.05, 0.1) is 5.69 Å². The normalized spacial score (nSPS) is 26.2. The molecule has 0 fully saturated rings. The summed E-state index contributed by atoms with van der Waals surface area (Å²) in [5.41, 5.74) is 8.05. The Bertz CT molecular complexity index is 319. The fraction of sp³-hybridized carbons (Fsp3) is 0.727. The van der Waals surface area contributed by atoms with Crippen LogP contribution in [0.3, 0.4) is 0 Å². The van der Waals surface area contributed by atoms with Crippen LogP contribution in [0.5, 0.6) is 0 Å². The predicted molar refractivity (Wildman–Crippen MR) is 55.1 cm³/mol. The highest BCUT2D eigenvalue weighted by atomic mass is 16.5. The Morgan fingerprint density at radius 3 is 3.07 bits per heavy atom. The van der Waals surface area contributed by atoms with Crippen LogP contribution >= 0.6 is 0 Å². The van der Waals surface area contributed by atoms with Crippen molar-refractivity contribution in [1.29, 1.82) is 0 Å². The molecule has 0 saturated carbocycles. The summed E-state index contributed by atoms with van der Waals surface area (Å²) >= 11 is 0. The second-order valence-corrected chi connectivity index (χ2v) is 4.30. The van der Waals surface area contributed by atoms with Crippen molar-refractivity contribution in [3.05, 3.63) is 17.0 Å². The summed E-state index contributed by atoms with van der Waals surface area (Å²) in [5, 5.41) is 4.05. The second kappa shape index (κ2) is 3.73. The molecule has 1 aromatic heterocycles. The molecule has 3 nitrogen and oxygen atoms in total. The number of aryl methyl sites for hydroxylation is 2. The number of aromatic nitrogens is 1. The van der Waals surface area contributed by atoms with E-state index in [1.807, 2.05) is 6.92 Å². The van der Waals surface area contributed by atoms with E-state index >= 15 is 0 Å². The van der Waals surface area contributed by atoms with Crippen molar-refractivity contribution in [3.63, 3.8) is 0 Å². The van der Waals surface area contributed by atoms with Crippen LogP contribution in [0, 0.1) is 12.8 Å². The SMILES string of the molecule is Cc1noc2c1C(CCN)C(C)CC2. The highest BCUT2D eigenvalue weighted by Crippen LogP contribution is 2.39. The minimum atomic E-state index is 0.565. The molecule has 2 unspecified atom stereocenters. The maximum atomic E-state index is 5.65. The highest BCUT2D eigenvalue weighted by Gasteiger charge is 2.30. The number of nitrogens with zero attached hydrogens (tertiary/aromatic N) is 1. The number of rotatable bonds is 2. The molecule has 1 heterocycles. The van der Waals surface area contributed by atoms with Crippen LogP contribution in [0.4, 0.5) is 0 Å². The van der Waals surface area contributed by atoms with Gasteiger partial charge in [0, 0.05) is 12.0 Å². The molecule has 1 aromatic rings. The molecule has 2 atom stereocenters. The average molecular weight is 194 g/mol. The topological polar surface area (TPSA) is 52.0 Å². The van der Waals surface area contributed by atoms with E-state index in [0.717, 1.165) is 30.8 Å². The van der Waals surface area contributed by atoms with Gasteiger partial charge in [0.1, 0.15) is 5.76 Å². The van der Waals surface area contributed by atoms with E-state index in [2.05, 4.69) is 12.1 Å². The van der Waals surface area contributed by atoms with E-state index in [-0.39, 0.29) is 0 Å². The zero-order valence-electron chi connectivity index (χ0n) is 8.92. The lowest BCUT2D eigenvalue weighted by Gasteiger charge is -2.27. The van der Waals surface area contributed by atoms with Gasteiger partial charge in [0.2, 0.25) is 0 Å². The van der Waals surface area contributed by atoms with E-state index < -0.39 is 0 Å². The van der Waals surface area contributed by atoms with Gasteiger partial charge in [-0.2, -0.15) is 0 Å². The molecule has 0 aliphatic heterocycles. The summed E-state index contributed by atoms with van der Waals surface area (Å²) in [6.45, 7) is 5.08. The molecular formula is C11H18N2O. The van der Waals surface area contributed by atoms with Gasteiger partial charge in [0.15, 0.2) is 0 Å². The van der Waals surface area contributed by atoms with Crippen molar-refractivity contribution in [2.24, 2.45) is 11.7 Å². The first-order valence-electron chi connectivity index (χ1n) is 5.39.